The van der Waals surface area contributed by atoms with Crippen molar-refractivity contribution >= 4 is 11.9 Å². The minimum atomic E-state index is -0.537. The summed E-state index contributed by atoms with van der Waals surface area (Å²) >= 11 is 0. The van der Waals surface area contributed by atoms with Gasteiger partial charge in [0.05, 0.1) is 13.7 Å². The maximum Gasteiger partial charge on any atom is 0.315 e. The van der Waals surface area contributed by atoms with Gasteiger partial charge in [0.1, 0.15) is 6.42 Å². The summed E-state index contributed by atoms with van der Waals surface area (Å²) in [6.07, 6.45) is -0.236. The molecular weight excluding hydrogens is 162 g/mol. The van der Waals surface area contributed by atoms with Gasteiger partial charge in [0.2, 0.25) is 5.91 Å². The van der Waals surface area contributed by atoms with Crippen molar-refractivity contribution in [3.05, 3.63) is 0 Å². The SMILES string of the molecule is COCCNC(=O)CC(=O)OC. The molecule has 12 heavy (non-hydrogen) atoms. The standard InChI is InChI=1S/C7H13NO4/c1-11-4-3-8-6(9)5-7(10)12-2/h3-5H2,1-2H3,(H,8,9). The summed E-state index contributed by atoms with van der Waals surface area (Å²) in [5.74, 6) is -0.885. The van der Waals surface area contributed by atoms with Crippen LogP contribution >= 0.6 is 0 Å². The topological polar surface area (TPSA) is 64.6 Å². The molecule has 0 rings (SSSR count). The number of hydrogen-bond acceptors (Lipinski definition) is 4. The number of esters is 1. The molecule has 0 unspecified atom stereocenters. The van der Waals surface area contributed by atoms with E-state index in [1.165, 1.54) is 14.2 Å². The van der Waals surface area contributed by atoms with Crippen molar-refractivity contribution in [3.8, 4) is 0 Å². The zero-order chi connectivity index (χ0) is 9.40. The highest BCUT2D eigenvalue weighted by Crippen LogP contribution is 1.83. The van der Waals surface area contributed by atoms with Crippen molar-refractivity contribution in [3.63, 3.8) is 0 Å². The minimum Gasteiger partial charge on any atom is -0.469 e. The Morgan fingerprint density at radius 2 is 2.00 bits per heavy atom. The number of carbonyl (C=O) groups is 2. The molecule has 0 saturated heterocycles. The summed E-state index contributed by atoms with van der Waals surface area (Å²) in [7, 11) is 2.78. The lowest BCUT2D eigenvalue weighted by Crippen LogP contribution is -2.29. The third-order valence-electron chi connectivity index (χ3n) is 1.16. The lowest BCUT2D eigenvalue weighted by Gasteiger charge is -2.02. The van der Waals surface area contributed by atoms with Crippen molar-refractivity contribution in [2.45, 2.75) is 6.42 Å². The summed E-state index contributed by atoms with van der Waals surface area (Å²) in [5, 5.41) is 2.48. The van der Waals surface area contributed by atoms with Gasteiger partial charge in [0, 0.05) is 13.7 Å². The molecule has 0 heterocycles. The first kappa shape index (κ1) is 10.9. The molecule has 0 fully saturated rings. The van der Waals surface area contributed by atoms with Crippen molar-refractivity contribution in [1.29, 1.82) is 0 Å². The third kappa shape index (κ3) is 5.67. The zero-order valence-corrected chi connectivity index (χ0v) is 7.25. The first-order valence-corrected chi connectivity index (χ1v) is 3.53. The average molecular weight is 175 g/mol. The second-order valence-corrected chi connectivity index (χ2v) is 2.10. The predicted octanol–water partition coefficient (Wildman–Crippen LogP) is -0.688. The van der Waals surface area contributed by atoms with E-state index in [2.05, 4.69) is 10.1 Å². The third-order valence-corrected chi connectivity index (χ3v) is 1.16. The van der Waals surface area contributed by atoms with E-state index in [1.54, 1.807) is 0 Å². The van der Waals surface area contributed by atoms with Crippen molar-refractivity contribution in [1.82, 2.24) is 5.32 Å². The van der Waals surface area contributed by atoms with E-state index in [-0.39, 0.29) is 12.3 Å². The van der Waals surface area contributed by atoms with Crippen LogP contribution < -0.4 is 5.32 Å². The van der Waals surface area contributed by atoms with Crippen LogP contribution in [0.1, 0.15) is 6.42 Å². The quantitative estimate of drug-likeness (QED) is 0.341. The number of nitrogens with one attached hydrogen (secondary N) is 1. The molecular formula is C7H13NO4. The van der Waals surface area contributed by atoms with E-state index in [9.17, 15) is 9.59 Å². The summed E-state index contributed by atoms with van der Waals surface area (Å²) in [6, 6.07) is 0. The molecule has 0 aromatic rings. The largest absolute Gasteiger partial charge is 0.469 e. The smallest absolute Gasteiger partial charge is 0.315 e. The number of hydrogen-bond donors (Lipinski definition) is 1. The summed E-state index contributed by atoms with van der Waals surface area (Å²) in [4.78, 5) is 21.4. The van der Waals surface area contributed by atoms with Gasteiger partial charge < -0.3 is 14.8 Å². The first-order chi connectivity index (χ1) is 5.70. The van der Waals surface area contributed by atoms with Gasteiger partial charge in [-0.25, -0.2) is 0 Å². The van der Waals surface area contributed by atoms with Crippen molar-refractivity contribution < 1.29 is 19.1 Å². The molecule has 0 aromatic heterocycles. The molecule has 0 aromatic carbocycles. The molecule has 0 aliphatic carbocycles. The lowest BCUT2D eigenvalue weighted by atomic mass is 10.4. The molecule has 0 atom stereocenters. The Bertz CT molecular complexity index is 157. The maximum absolute atomic E-state index is 10.8. The Labute approximate surface area is 71.0 Å². The molecule has 5 heteroatoms. The summed E-state index contributed by atoms with van der Waals surface area (Å²) in [5.41, 5.74) is 0. The number of ether oxygens (including phenoxy) is 2. The first-order valence-electron chi connectivity index (χ1n) is 3.53. The average Bonchev–Trinajstić information content (AvgIpc) is 2.05. The van der Waals surface area contributed by atoms with Crippen LogP contribution in [0.15, 0.2) is 0 Å². The van der Waals surface area contributed by atoms with Crippen LogP contribution in [0.2, 0.25) is 0 Å². The Kier molecular flexibility index (Phi) is 6.00. The normalized spacial score (nSPS) is 9.17. The Balaban J connectivity index is 3.40. The fraction of sp³-hybridized carbons (Fsp3) is 0.714. The van der Waals surface area contributed by atoms with Crippen LogP contribution in [0.25, 0.3) is 0 Å². The Morgan fingerprint density at radius 1 is 1.33 bits per heavy atom. The molecule has 0 aliphatic heterocycles. The summed E-state index contributed by atoms with van der Waals surface area (Å²) < 4.78 is 8.99. The van der Waals surface area contributed by atoms with Crippen LogP contribution in [0, 0.1) is 0 Å². The number of amides is 1. The van der Waals surface area contributed by atoms with Gasteiger partial charge >= 0.3 is 5.97 Å². The van der Waals surface area contributed by atoms with Gasteiger partial charge in [-0.15, -0.1) is 0 Å². The van der Waals surface area contributed by atoms with E-state index < -0.39 is 5.97 Å². The zero-order valence-electron chi connectivity index (χ0n) is 7.25. The second kappa shape index (κ2) is 6.60. The van der Waals surface area contributed by atoms with Crippen LogP contribution in [-0.2, 0) is 19.1 Å². The fourth-order valence-corrected chi connectivity index (χ4v) is 0.558. The van der Waals surface area contributed by atoms with Crippen LogP contribution in [0.4, 0.5) is 0 Å². The summed E-state index contributed by atoms with van der Waals surface area (Å²) in [6.45, 7) is 0.846. The van der Waals surface area contributed by atoms with Crippen LogP contribution in [-0.4, -0.2) is 39.2 Å². The van der Waals surface area contributed by atoms with Gasteiger partial charge in [-0.1, -0.05) is 0 Å². The van der Waals surface area contributed by atoms with Crippen LogP contribution in [0.5, 0.6) is 0 Å². The highest BCUT2D eigenvalue weighted by atomic mass is 16.5. The monoisotopic (exact) mass is 175 g/mol. The maximum atomic E-state index is 10.8. The number of carbonyl (C=O) groups excluding carboxylic acids is 2. The van der Waals surface area contributed by atoms with Gasteiger partial charge in [0.25, 0.3) is 0 Å². The number of methoxy groups -OCH3 is 2. The van der Waals surface area contributed by atoms with Gasteiger partial charge in [-0.3, -0.25) is 9.59 Å². The molecule has 0 aliphatic rings. The highest BCUT2D eigenvalue weighted by molar-refractivity contribution is 5.94. The molecule has 0 saturated carbocycles. The van der Waals surface area contributed by atoms with E-state index in [0.29, 0.717) is 13.2 Å². The van der Waals surface area contributed by atoms with E-state index in [4.69, 9.17) is 4.74 Å². The van der Waals surface area contributed by atoms with Gasteiger partial charge in [-0.05, 0) is 0 Å². The Hall–Kier alpha value is -1.10. The number of rotatable bonds is 5. The van der Waals surface area contributed by atoms with Gasteiger partial charge in [-0.2, -0.15) is 0 Å². The van der Waals surface area contributed by atoms with E-state index >= 15 is 0 Å². The molecule has 1 amide bonds. The minimum absolute atomic E-state index is 0.236. The molecule has 0 bridgehead atoms. The molecule has 0 radical (unpaired) electrons. The van der Waals surface area contributed by atoms with E-state index in [0.717, 1.165) is 0 Å². The molecule has 0 spiro atoms. The molecule has 5 nitrogen and oxygen atoms in total. The van der Waals surface area contributed by atoms with Crippen LogP contribution in [0.3, 0.4) is 0 Å². The lowest BCUT2D eigenvalue weighted by molar-refractivity contribution is -0.143. The Morgan fingerprint density at radius 3 is 2.50 bits per heavy atom. The molecule has 70 valence electrons. The highest BCUT2D eigenvalue weighted by Gasteiger charge is 2.07. The van der Waals surface area contributed by atoms with Crippen molar-refractivity contribution in [2.75, 3.05) is 27.4 Å². The fourth-order valence-electron chi connectivity index (χ4n) is 0.558. The van der Waals surface area contributed by atoms with Crippen molar-refractivity contribution in [2.24, 2.45) is 0 Å². The molecule has 1 N–H and O–H groups in total. The van der Waals surface area contributed by atoms with E-state index in [1.807, 2.05) is 0 Å². The van der Waals surface area contributed by atoms with Gasteiger partial charge in [0.15, 0.2) is 0 Å². The predicted molar refractivity (Wildman–Crippen MR) is 41.5 cm³/mol. The second-order valence-electron chi connectivity index (χ2n) is 2.10.